The third-order valence-corrected chi connectivity index (χ3v) is 5.61. The Morgan fingerprint density at radius 1 is 1.06 bits per heavy atom. The molecule has 4 aromatic rings. The second-order valence-corrected chi connectivity index (χ2v) is 7.67. The van der Waals surface area contributed by atoms with Crippen LogP contribution in [0.15, 0.2) is 42.5 Å². The van der Waals surface area contributed by atoms with Crippen molar-refractivity contribution in [3.8, 4) is 0 Å². The minimum atomic E-state index is -0.152. The maximum absolute atomic E-state index is 12.6. The molecule has 0 saturated heterocycles. The fraction of sp³-hybridized carbons (Fsp3) is 0.250. The summed E-state index contributed by atoms with van der Waals surface area (Å²) in [6.45, 7) is 5.86. The van der Waals surface area contributed by atoms with Gasteiger partial charge in [-0.2, -0.15) is 5.10 Å². The van der Waals surface area contributed by atoms with Crippen molar-refractivity contribution in [1.29, 1.82) is 0 Å². The maximum Gasteiger partial charge on any atom is 0.251 e. The molecule has 2 N–H and O–H groups in total. The number of nitrogens with one attached hydrogen (secondary N) is 2. The number of carbonyl (C=O) groups is 2. The molecule has 2 amide bonds. The second-order valence-electron chi connectivity index (χ2n) is 7.67. The van der Waals surface area contributed by atoms with Gasteiger partial charge in [0.05, 0.1) is 5.52 Å². The van der Waals surface area contributed by atoms with Gasteiger partial charge in [0.15, 0.2) is 5.65 Å². The van der Waals surface area contributed by atoms with Crippen LogP contribution in [0, 0.1) is 20.8 Å². The Kier molecular flexibility index (Phi) is 5.42. The highest BCUT2D eigenvalue weighted by Crippen LogP contribution is 2.23. The van der Waals surface area contributed by atoms with Gasteiger partial charge in [-0.3, -0.25) is 9.59 Å². The lowest BCUT2D eigenvalue weighted by Gasteiger charge is -2.12. The van der Waals surface area contributed by atoms with Crippen LogP contribution in [0.2, 0.25) is 0 Å². The third kappa shape index (κ3) is 3.86. The van der Waals surface area contributed by atoms with Gasteiger partial charge in [-0.15, -0.1) is 0 Å². The molecule has 7 heteroatoms. The molecule has 2 aromatic heterocycles. The Bertz CT molecular complexity index is 1320. The molecule has 4 rings (SSSR count). The van der Waals surface area contributed by atoms with Gasteiger partial charge in [-0.1, -0.05) is 12.1 Å². The summed E-state index contributed by atoms with van der Waals surface area (Å²) in [4.78, 5) is 29.1. The first kappa shape index (κ1) is 20.5. The van der Waals surface area contributed by atoms with Crippen molar-refractivity contribution in [2.24, 2.45) is 0 Å². The van der Waals surface area contributed by atoms with Gasteiger partial charge < -0.3 is 10.6 Å². The predicted octanol–water partition coefficient (Wildman–Crippen LogP) is 3.74. The number of fused-ring (bicyclic) bond motifs is 3. The van der Waals surface area contributed by atoms with Gasteiger partial charge in [0, 0.05) is 41.5 Å². The molecule has 0 unspecified atom stereocenters. The Morgan fingerprint density at radius 3 is 2.58 bits per heavy atom. The van der Waals surface area contributed by atoms with E-state index in [1.165, 1.54) is 0 Å². The Labute approximate surface area is 180 Å². The van der Waals surface area contributed by atoms with Crippen molar-refractivity contribution in [2.75, 3.05) is 12.4 Å². The molecule has 158 valence electrons. The highest BCUT2D eigenvalue weighted by molar-refractivity contribution is 5.96. The molecule has 2 aromatic carbocycles. The van der Waals surface area contributed by atoms with Crippen molar-refractivity contribution in [3.63, 3.8) is 0 Å². The molecular weight excluding hydrogens is 390 g/mol. The van der Waals surface area contributed by atoms with E-state index in [2.05, 4.69) is 15.7 Å². The SMILES string of the molecule is CNC(=O)c1ccc(NC(=O)CCc2c(C)nc3c4ccccc4nn3c2C)c(C)c1. The van der Waals surface area contributed by atoms with E-state index in [9.17, 15) is 9.59 Å². The van der Waals surface area contributed by atoms with Crippen LogP contribution >= 0.6 is 0 Å². The van der Waals surface area contributed by atoms with E-state index >= 15 is 0 Å². The van der Waals surface area contributed by atoms with E-state index in [1.54, 1.807) is 25.2 Å². The second kappa shape index (κ2) is 8.18. The standard InChI is InChI=1S/C24H25N5O2/c1-14-13-17(24(31)25-4)9-11-20(14)27-22(30)12-10-18-15(2)26-23-19-7-5-6-8-21(19)28-29(23)16(18)3/h5-9,11,13H,10,12H2,1-4H3,(H,25,31)(H,27,30). The van der Waals surface area contributed by atoms with Crippen LogP contribution in [0.5, 0.6) is 0 Å². The average molecular weight is 415 g/mol. The summed E-state index contributed by atoms with van der Waals surface area (Å²) in [6.07, 6.45) is 0.893. The van der Waals surface area contributed by atoms with Crippen molar-refractivity contribution >= 4 is 34.1 Å². The zero-order valence-corrected chi connectivity index (χ0v) is 18.1. The van der Waals surface area contributed by atoms with Crippen molar-refractivity contribution in [2.45, 2.75) is 33.6 Å². The first-order valence-corrected chi connectivity index (χ1v) is 10.2. The summed E-state index contributed by atoms with van der Waals surface area (Å²) in [5.41, 5.74) is 6.80. The molecule has 0 bridgehead atoms. The van der Waals surface area contributed by atoms with Crippen molar-refractivity contribution in [3.05, 3.63) is 70.5 Å². The number of nitrogens with zero attached hydrogens (tertiary/aromatic N) is 3. The van der Waals surface area contributed by atoms with Crippen molar-refractivity contribution < 1.29 is 9.59 Å². The fourth-order valence-electron chi connectivity index (χ4n) is 3.88. The molecule has 31 heavy (non-hydrogen) atoms. The number of benzene rings is 2. The Balaban J connectivity index is 1.52. The average Bonchev–Trinajstić information content (AvgIpc) is 3.13. The number of carbonyl (C=O) groups excluding carboxylic acids is 2. The molecule has 0 aliphatic heterocycles. The smallest absolute Gasteiger partial charge is 0.251 e. The summed E-state index contributed by atoms with van der Waals surface area (Å²) in [5, 5.41) is 11.2. The minimum absolute atomic E-state index is 0.0830. The van der Waals surface area contributed by atoms with Crippen LogP contribution in [-0.2, 0) is 11.2 Å². The van der Waals surface area contributed by atoms with Crippen molar-refractivity contribution in [1.82, 2.24) is 19.9 Å². The van der Waals surface area contributed by atoms with Crippen LogP contribution in [0.3, 0.4) is 0 Å². The van der Waals surface area contributed by atoms with E-state index < -0.39 is 0 Å². The van der Waals surface area contributed by atoms with Gasteiger partial charge in [-0.05, 0) is 68.7 Å². The lowest BCUT2D eigenvalue weighted by Crippen LogP contribution is -2.18. The highest BCUT2D eigenvalue weighted by Gasteiger charge is 2.15. The molecule has 0 fully saturated rings. The summed E-state index contributed by atoms with van der Waals surface area (Å²) in [5.74, 6) is -0.235. The summed E-state index contributed by atoms with van der Waals surface area (Å²) < 4.78 is 1.87. The number of hydrogen-bond acceptors (Lipinski definition) is 4. The quantitative estimate of drug-likeness (QED) is 0.520. The van der Waals surface area contributed by atoms with E-state index in [0.29, 0.717) is 24.1 Å². The molecule has 0 saturated carbocycles. The molecule has 0 aliphatic carbocycles. The summed E-state index contributed by atoms with van der Waals surface area (Å²) >= 11 is 0. The zero-order valence-electron chi connectivity index (χ0n) is 18.1. The van der Waals surface area contributed by atoms with Gasteiger partial charge in [0.2, 0.25) is 5.91 Å². The van der Waals surface area contributed by atoms with Crippen LogP contribution in [0.25, 0.3) is 16.6 Å². The first-order valence-electron chi connectivity index (χ1n) is 10.2. The van der Waals surface area contributed by atoms with E-state index in [1.807, 2.05) is 49.6 Å². The number of aromatic nitrogens is 3. The fourth-order valence-corrected chi connectivity index (χ4v) is 3.88. The monoisotopic (exact) mass is 415 g/mol. The Morgan fingerprint density at radius 2 is 1.84 bits per heavy atom. The third-order valence-electron chi connectivity index (χ3n) is 5.61. The van der Waals surface area contributed by atoms with Crippen LogP contribution in [0.4, 0.5) is 5.69 Å². The molecule has 0 radical (unpaired) electrons. The van der Waals surface area contributed by atoms with Gasteiger partial charge in [0.25, 0.3) is 5.91 Å². The van der Waals surface area contributed by atoms with E-state index in [0.717, 1.165) is 39.1 Å². The van der Waals surface area contributed by atoms with E-state index in [-0.39, 0.29) is 11.8 Å². The highest BCUT2D eigenvalue weighted by atomic mass is 16.2. The molecule has 2 heterocycles. The molecule has 7 nitrogen and oxygen atoms in total. The first-order chi connectivity index (χ1) is 14.9. The van der Waals surface area contributed by atoms with Crippen LogP contribution in [0.1, 0.15) is 39.3 Å². The molecular formula is C24H25N5O2. The normalized spacial score (nSPS) is 11.1. The summed E-state index contributed by atoms with van der Waals surface area (Å²) in [6, 6.07) is 13.2. The lowest BCUT2D eigenvalue weighted by atomic mass is 10.1. The van der Waals surface area contributed by atoms with E-state index in [4.69, 9.17) is 4.98 Å². The molecule has 0 spiro atoms. The largest absolute Gasteiger partial charge is 0.355 e. The predicted molar refractivity (Wildman–Crippen MR) is 121 cm³/mol. The molecule has 0 atom stereocenters. The van der Waals surface area contributed by atoms with Gasteiger partial charge in [-0.25, -0.2) is 9.50 Å². The number of amides is 2. The number of aryl methyl sites for hydroxylation is 3. The number of hydrogen-bond donors (Lipinski definition) is 2. The number of rotatable bonds is 5. The maximum atomic E-state index is 12.6. The topological polar surface area (TPSA) is 88.4 Å². The van der Waals surface area contributed by atoms with Gasteiger partial charge >= 0.3 is 0 Å². The lowest BCUT2D eigenvalue weighted by molar-refractivity contribution is -0.116. The Hall–Kier alpha value is -3.74. The van der Waals surface area contributed by atoms with Crippen LogP contribution < -0.4 is 10.6 Å². The summed E-state index contributed by atoms with van der Waals surface area (Å²) in [7, 11) is 1.59. The zero-order chi connectivity index (χ0) is 22.1. The van der Waals surface area contributed by atoms with Crippen LogP contribution in [-0.4, -0.2) is 33.5 Å². The number of anilines is 1. The minimum Gasteiger partial charge on any atom is -0.355 e. The van der Waals surface area contributed by atoms with Gasteiger partial charge in [0.1, 0.15) is 0 Å². The molecule has 0 aliphatic rings.